The first kappa shape index (κ1) is 12.4. The molecule has 4 N–H and O–H groups in total. The van der Waals surface area contributed by atoms with Gasteiger partial charge >= 0.3 is 11.9 Å². The van der Waals surface area contributed by atoms with E-state index in [1.807, 2.05) is 4.98 Å². The average molecular weight is 264 g/mol. The number of aliphatic hydroxyl groups is 1. The Kier molecular flexibility index (Phi) is 2.73. The maximum atomic E-state index is 12.1. The summed E-state index contributed by atoms with van der Waals surface area (Å²) >= 11 is 0. The number of aromatic amines is 3. The van der Waals surface area contributed by atoms with Crippen LogP contribution in [0, 0.1) is 0 Å². The topological polar surface area (TPSA) is 115 Å². The Hall–Kier alpha value is -2.10. The van der Waals surface area contributed by atoms with Crippen LogP contribution < -0.4 is 11.2 Å². The summed E-state index contributed by atoms with van der Waals surface area (Å²) in [7, 11) is 0. The Morgan fingerprint density at radius 2 is 1.89 bits per heavy atom. The van der Waals surface area contributed by atoms with Gasteiger partial charge in [-0.25, -0.2) is 9.78 Å². The SMILES string of the molecule is O=c1[nH]c(=O)c2[nH]c(CC(O)C(F)(F)F)nc2[nH]1. The van der Waals surface area contributed by atoms with E-state index in [9.17, 15) is 22.8 Å². The molecule has 2 aromatic rings. The van der Waals surface area contributed by atoms with Crippen LogP contribution in [0.5, 0.6) is 0 Å². The summed E-state index contributed by atoms with van der Waals surface area (Å²) in [6.45, 7) is 0. The van der Waals surface area contributed by atoms with Gasteiger partial charge in [0, 0.05) is 6.42 Å². The zero-order valence-corrected chi connectivity index (χ0v) is 8.63. The number of halogens is 3. The van der Waals surface area contributed by atoms with Crippen LogP contribution in [0.1, 0.15) is 5.82 Å². The molecular weight excluding hydrogens is 257 g/mol. The van der Waals surface area contributed by atoms with Crippen molar-refractivity contribution in [3.63, 3.8) is 0 Å². The van der Waals surface area contributed by atoms with Crippen LogP contribution in [0.4, 0.5) is 13.2 Å². The quantitative estimate of drug-likeness (QED) is 0.580. The molecule has 0 aliphatic carbocycles. The third kappa shape index (κ3) is 2.27. The van der Waals surface area contributed by atoms with E-state index in [4.69, 9.17) is 5.11 Å². The number of fused-ring (bicyclic) bond motifs is 1. The smallest absolute Gasteiger partial charge is 0.383 e. The average Bonchev–Trinajstić information content (AvgIpc) is 2.58. The molecule has 2 aromatic heterocycles. The number of aromatic nitrogens is 4. The van der Waals surface area contributed by atoms with E-state index in [2.05, 4.69) is 15.0 Å². The lowest BCUT2D eigenvalue weighted by Gasteiger charge is -2.12. The van der Waals surface area contributed by atoms with E-state index >= 15 is 0 Å². The van der Waals surface area contributed by atoms with Crippen molar-refractivity contribution in [2.45, 2.75) is 18.7 Å². The molecule has 0 fully saturated rings. The Balaban J connectivity index is 2.40. The maximum absolute atomic E-state index is 12.1. The van der Waals surface area contributed by atoms with Gasteiger partial charge in [0.05, 0.1) is 0 Å². The summed E-state index contributed by atoms with van der Waals surface area (Å²) in [5, 5.41) is 8.85. The first-order valence-corrected chi connectivity index (χ1v) is 4.73. The molecule has 1 unspecified atom stereocenters. The van der Waals surface area contributed by atoms with Crippen molar-refractivity contribution in [1.82, 2.24) is 19.9 Å². The molecule has 0 aliphatic heterocycles. The third-order valence-corrected chi connectivity index (χ3v) is 2.20. The molecule has 0 spiro atoms. The van der Waals surface area contributed by atoms with Crippen molar-refractivity contribution in [2.75, 3.05) is 0 Å². The minimum atomic E-state index is -4.78. The highest BCUT2D eigenvalue weighted by atomic mass is 19.4. The van der Waals surface area contributed by atoms with Gasteiger partial charge in [-0.1, -0.05) is 0 Å². The molecule has 0 saturated heterocycles. The first-order chi connectivity index (χ1) is 8.27. The Bertz CT molecular complexity index is 683. The lowest BCUT2D eigenvalue weighted by atomic mass is 10.2. The molecule has 2 rings (SSSR count). The molecule has 7 nitrogen and oxygen atoms in total. The molecule has 10 heteroatoms. The molecular formula is C8H7F3N4O3. The van der Waals surface area contributed by atoms with Gasteiger partial charge in [-0.05, 0) is 0 Å². The van der Waals surface area contributed by atoms with E-state index < -0.39 is 30.0 Å². The van der Waals surface area contributed by atoms with E-state index in [0.29, 0.717) is 0 Å². The summed E-state index contributed by atoms with van der Waals surface area (Å²) < 4.78 is 36.3. The van der Waals surface area contributed by atoms with Crippen molar-refractivity contribution in [1.29, 1.82) is 0 Å². The molecule has 0 amide bonds. The highest BCUT2D eigenvalue weighted by molar-refractivity contribution is 5.68. The number of hydrogen-bond acceptors (Lipinski definition) is 4. The minimum Gasteiger partial charge on any atom is -0.383 e. The van der Waals surface area contributed by atoms with Gasteiger partial charge < -0.3 is 10.1 Å². The second kappa shape index (κ2) is 3.98. The van der Waals surface area contributed by atoms with Crippen molar-refractivity contribution >= 4 is 11.2 Å². The van der Waals surface area contributed by atoms with E-state index in [1.54, 1.807) is 0 Å². The summed E-state index contributed by atoms with van der Waals surface area (Å²) in [4.78, 5) is 32.1. The highest BCUT2D eigenvalue weighted by Gasteiger charge is 2.38. The number of hydrogen-bond donors (Lipinski definition) is 4. The minimum absolute atomic E-state index is 0.154. The fraction of sp³-hybridized carbons (Fsp3) is 0.375. The summed E-state index contributed by atoms with van der Waals surface area (Å²) in [6.07, 6.45) is -8.21. The molecule has 98 valence electrons. The van der Waals surface area contributed by atoms with Gasteiger partial charge in [0.2, 0.25) is 0 Å². The normalized spacial score (nSPS) is 14.0. The van der Waals surface area contributed by atoms with Crippen LogP contribution in [0.2, 0.25) is 0 Å². The second-order valence-corrected chi connectivity index (χ2v) is 3.58. The number of alkyl halides is 3. The van der Waals surface area contributed by atoms with Crippen LogP contribution in [0.15, 0.2) is 9.59 Å². The monoisotopic (exact) mass is 264 g/mol. The second-order valence-electron chi connectivity index (χ2n) is 3.58. The lowest BCUT2D eigenvalue weighted by Crippen LogP contribution is -2.30. The zero-order valence-electron chi connectivity index (χ0n) is 8.63. The molecule has 2 heterocycles. The summed E-state index contributed by atoms with van der Waals surface area (Å²) in [6, 6.07) is 0. The maximum Gasteiger partial charge on any atom is 0.414 e. The van der Waals surface area contributed by atoms with Gasteiger partial charge in [-0.15, -0.1) is 0 Å². The molecule has 0 saturated carbocycles. The van der Waals surface area contributed by atoms with Crippen LogP contribution >= 0.6 is 0 Å². The van der Waals surface area contributed by atoms with E-state index in [0.717, 1.165) is 0 Å². The number of rotatable bonds is 2. The van der Waals surface area contributed by atoms with Crippen LogP contribution in [0.25, 0.3) is 11.2 Å². The molecule has 0 aromatic carbocycles. The lowest BCUT2D eigenvalue weighted by molar-refractivity contribution is -0.203. The first-order valence-electron chi connectivity index (χ1n) is 4.73. The predicted octanol–water partition coefficient (Wildman–Crippen LogP) is -0.595. The molecule has 1 atom stereocenters. The Morgan fingerprint density at radius 1 is 1.22 bits per heavy atom. The van der Waals surface area contributed by atoms with Crippen molar-refractivity contribution in [3.05, 3.63) is 26.7 Å². The third-order valence-electron chi connectivity index (χ3n) is 2.20. The summed E-state index contributed by atoms with van der Waals surface area (Å²) in [5.74, 6) is -0.248. The van der Waals surface area contributed by atoms with Gasteiger partial charge in [0.1, 0.15) is 11.3 Å². The molecule has 0 aliphatic rings. The van der Waals surface area contributed by atoms with Gasteiger partial charge in [-0.3, -0.25) is 14.8 Å². The van der Waals surface area contributed by atoms with Gasteiger partial charge in [-0.2, -0.15) is 13.2 Å². The highest BCUT2D eigenvalue weighted by Crippen LogP contribution is 2.22. The Labute approximate surface area is 95.7 Å². The van der Waals surface area contributed by atoms with E-state index in [-0.39, 0.29) is 17.0 Å². The van der Waals surface area contributed by atoms with Crippen molar-refractivity contribution < 1.29 is 18.3 Å². The van der Waals surface area contributed by atoms with E-state index in [1.165, 1.54) is 0 Å². The van der Waals surface area contributed by atoms with Crippen molar-refractivity contribution in [3.8, 4) is 0 Å². The zero-order chi connectivity index (χ0) is 13.5. The fourth-order valence-corrected chi connectivity index (χ4v) is 1.38. The van der Waals surface area contributed by atoms with Crippen molar-refractivity contribution in [2.24, 2.45) is 0 Å². The molecule has 0 bridgehead atoms. The number of H-pyrrole nitrogens is 3. The molecule has 0 radical (unpaired) electrons. The summed E-state index contributed by atoms with van der Waals surface area (Å²) in [5.41, 5.74) is -1.93. The predicted molar refractivity (Wildman–Crippen MR) is 53.1 cm³/mol. The van der Waals surface area contributed by atoms with Crippen LogP contribution in [0.3, 0.4) is 0 Å². The number of nitrogens with one attached hydrogen (secondary N) is 3. The Morgan fingerprint density at radius 3 is 2.50 bits per heavy atom. The number of nitrogens with zero attached hydrogens (tertiary/aromatic N) is 1. The number of aliphatic hydroxyl groups excluding tert-OH is 1. The van der Waals surface area contributed by atoms with Gasteiger partial charge in [0.25, 0.3) is 5.56 Å². The largest absolute Gasteiger partial charge is 0.414 e. The van der Waals surface area contributed by atoms with Crippen LogP contribution in [-0.4, -0.2) is 37.3 Å². The van der Waals surface area contributed by atoms with Crippen LogP contribution in [-0.2, 0) is 6.42 Å². The fourth-order valence-electron chi connectivity index (χ4n) is 1.38. The standard InChI is InChI=1S/C8H7F3N4O3/c9-8(10,11)2(16)1-3-12-4-5(13-3)14-7(18)15-6(4)17/h2,16H,1H2,(H3,12,13,14,15,17,18). The molecule has 18 heavy (non-hydrogen) atoms. The number of imidazole rings is 1. The van der Waals surface area contributed by atoms with Gasteiger partial charge in [0.15, 0.2) is 11.8 Å².